The smallest absolute Gasteiger partial charge is 0.339 e. The topological polar surface area (TPSA) is 115 Å². The highest BCUT2D eigenvalue weighted by Crippen LogP contribution is 2.27. The molecule has 0 aliphatic heterocycles. The molecule has 0 spiro atoms. The third-order valence-corrected chi connectivity index (χ3v) is 5.44. The summed E-state index contributed by atoms with van der Waals surface area (Å²) in [5.41, 5.74) is 3.65. The van der Waals surface area contributed by atoms with E-state index >= 15 is 0 Å². The summed E-state index contributed by atoms with van der Waals surface area (Å²) in [5.74, 6) is 1.08. The van der Waals surface area contributed by atoms with Crippen molar-refractivity contribution in [1.82, 2.24) is 24.5 Å². The molecule has 0 amide bonds. The summed E-state index contributed by atoms with van der Waals surface area (Å²) in [6.07, 6.45) is 11.0. The maximum Gasteiger partial charge on any atom is 0.339 e. The fourth-order valence-corrected chi connectivity index (χ4v) is 3.65. The van der Waals surface area contributed by atoms with Crippen LogP contribution in [0.5, 0.6) is 0 Å². The van der Waals surface area contributed by atoms with E-state index in [4.69, 9.17) is 14.7 Å². The number of carbonyl (C=O) groups is 1. The first-order chi connectivity index (χ1) is 16.0. The van der Waals surface area contributed by atoms with Crippen molar-refractivity contribution in [2.24, 2.45) is 0 Å². The Morgan fingerprint density at radius 2 is 2.09 bits per heavy atom. The van der Waals surface area contributed by atoms with Crippen molar-refractivity contribution in [3.8, 4) is 11.4 Å². The molecule has 1 aliphatic rings. The number of hydrogen-bond acceptors (Lipinski definition) is 8. The minimum Gasteiger partial charge on any atom is -0.512 e. The molecule has 172 valence electrons. The van der Waals surface area contributed by atoms with Crippen molar-refractivity contribution in [3.63, 3.8) is 0 Å². The molecule has 0 fully saturated rings. The van der Waals surface area contributed by atoms with Crippen LogP contribution in [0, 0.1) is 0 Å². The summed E-state index contributed by atoms with van der Waals surface area (Å²) in [7, 11) is 0. The predicted octanol–water partition coefficient (Wildman–Crippen LogP) is 4.61. The molecule has 0 bridgehead atoms. The number of aliphatic hydroxyl groups is 1. The number of hydrogen-bond donors (Lipinski definition) is 2. The highest BCUT2D eigenvalue weighted by Gasteiger charge is 2.17. The summed E-state index contributed by atoms with van der Waals surface area (Å²) in [4.78, 5) is 30.4. The van der Waals surface area contributed by atoms with Crippen LogP contribution in [0.1, 0.15) is 56.4 Å². The molecule has 0 aromatic carbocycles. The molecule has 0 radical (unpaired) electrons. The Morgan fingerprint density at radius 1 is 1.24 bits per heavy atom. The average molecular weight is 449 g/mol. The molecule has 0 saturated carbocycles. The number of rotatable bonds is 8. The first-order valence-electron chi connectivity index (χ1n) is 11.1. The van der Waals surface area contributed by atoms with Gasteiger partial charge in [-0.25, -0.2) is 19.7 Å². The number of nitrogens with one attached hydrogen (secondary N) is 1. The number of fused-ring (bicyclic) bond motifs is 1. The third kappa shape index (κ3) is 5.02. The summed E-state index contributed by atoms with van der Waals surface area (Å²) in [5, 5.41) is 13.0. The maximum absolute atomic E-state index is 12.2. The second-order valence-electron chi connectivity index (χ2n) is 8.16. The molecular weight excluding hydrogens is 420 g/mol. The lowest BCUT2D eigenvalue weighted by Crippen LogP contribution is -2.09. The molecule has 9 heteroatoms. The molecule has 33 heavy (non-hydrogen) atoms. The van der Waals surface area contributed by atoms with Gasteiger partial charge in [0.15, 0.2) is 17.3 Å². The van der Waals surface area contributed by atoms with E-state index < -0.39 is 5.97 Å². The number of aliphatic hydroxyl groups excluding tert-OH is 1. The third-order valence-electron chi connectivity index (χ3n) is 5.44. The first-order valence-corrected chi connectivity index (χ1v) is 11.1. The van der Waals surface area contributed by atoms with Crippen LogP contribution in [0.25, 0.3) is 22.6 Å². The van der Waals surface area contributed by atoms with Crippen LogP contribution < -0.4 is 5.32 Å². The minimum atomic E-state index is -0.431. The van der Waals surface area contributed by atoms with Crippen LogP contribution in [0.4, 0.5) is 5.82 Å². The van der Waals surface area contributed by atoms with Crippen molar-refractivity contribution in [1.29, 1.82) is 0 Å². The minimum absolute atomic E-state index is 0.168. The van der Waals surface area contributed by atoms with Gasteiger partial charge in [-0.3, -0.25) is 4.98 Å². The largest absolute Gasteiger partial charge is 0.512 e. The first kappa shape index (κ1) is 22.4. The second-order valence-corrected chi connectivity index (χ2v) is 8.16. The van der Waals surface area contributed by atoms with Gasteiger partial charge in [0.1, 0.15) is 5.52 Å². The summed E-state index contributed by atoms with van der Waals surface area (Å²) in [6.45, 7) is 6.86. The predicted molar refractivity (Wildman–Crippen MR) is 126 cm³/mol. The number of anilines is 1. The zero-order valence-electron chi connectivity index (χ0n) is 19.1. The van der Waals surface area contributed by atoms with E-state index in [2.05, 4.69) is 29.1 Å². The van der Waals surface area contributed by atoms with E-state index in [1.54, 1.807) is 31.6 Å². The number of esters is 1. The molecule has 2 N–H and O–H groups in total. The SMILES string of the molecule is CCOC(=O)c1cncc(-c2nc(NCCC3=CC=C(O)CC3)c3ncn(C(C)C)c3n2)c1. The van der Waals surface area contributed by atoms with Crippen molar-refractivity contribution in [2.75, 3.05) is 18.5 Å². The maximum atomic E-state index is 12.2. The lowest BCUT2D eigenvalue weighted by atomic mass is 10.0. The van der Waals surface area contributed by atoms with E-state index in [1.165, 1.54) is 11.8 Å². The second kappa shape index (κ2) is 9.81. The zero-order valence-corrected chi connectivity index (χ0v) is 19.1. The van der Waals surface area contributed by atoms with Crippen molar-refractivity contribution >= 4 is 23.0 Å². The van der Waals surface area contributed by atoms with Crippen molar-refractivity contribution in [3.05, 3.63) is 53.8 Å². The van der Waals surface area contributed by atoms with E-state index in [0.717, 1.165) is 12.8 Å². The zero-order chi connectivity index (χ0) is 23.4. The Balaban J connectivity index is 1.67. The van der Waals surface area contributed by atoms with E-state index in [-0.39, 0.29) is 6.04 Å². The standard InChI is InChI=1S/C24H28N6O3/c1-4-33-24(32)18-11-17(12-25-13-18)21-28-22(20-23(29-21)30(14-27-20)15(2)3)26-10-9-16-5-7-19(31)8-6-16/h5,7,11-15,31H,4,6,8-10H2,1-3H3,(H,26,28,29). The van der Waals surface area contributed by atoms with Crippen LogP contribution in [-0.2, 0) is 4.74 Å². The van der Waals surface area contributed by atoms with Crippen LogP contribution in [0.15, 0.2) is 48.3 Å². The molecule has 3 aromatic heterocycles. The fourth-order valence-electron chi connectivity index (χ4n) is 3.65. The van der Waals surface area contributed by atoms with Gasteiger partial charge in [0.25, 0.3) is 0 Å². The molecule has 9 nitrogen and oxygen atoms in total. The van der Waals surface area contributed by atoms with Crippen LogP contribution in [0.3, 0.4) is 0 Å². The Kier molecular flexibility index (Phi) is 6.67. The average Bonchev–Trinajstić information content (AvgIpc) is 3.25. The van der Waals surface area contributed by atoms with Gasteiger partial charge in [0, 0.05) is 37.0 Å². The quantitative estimate of drug-likeness (QED) is 0.480. The Labute approximate surface area is 192 Å². The van der Waals surface area contributed by atoms with Gasteiger partial charge in [-0.15, -0.1) is 0 Å². The fraction of sp³-hybridized carbons (Fsp3) is 0.375. The number of pyridine rings is 1. The van der Waals surface area contributed by atoms with Crippen LogP contribution in [-0.4, -0.2) is 48.7 Å². The van der Waals surface area contributed by atoms with Gasteiger partial charge >= 0.3 is 5.97 Å². The summed E-state index contributed by atoms with van der Waals surface area (Å²) < 4.78 is 7.09. The molecule has 0 saturated heterocycles. The molecule has 4 rings (SSSR count). The van der Waals surface area contributed by atoms with Gasteiger partial charge in [-0.1, -0.05) is 11.6 Å². The lowest BCUT2D eigenvalue weighted by Gasteiger charge is -2.13. The number of aromatic nitrogens is 5. The van der Waals surface area contributed by atoms with E-state index in [0.29, 0.717) is 59.3 Å². The van der Waals surface area contributed by atoms with Crippen molar-refractivity contribution in [2.45, 2.75) is 46.1 Å². The van der Waals surface area contributed by atoms with Gasteiger partial charge in [0.05, 0.1) is 24.3 Å². The molecular formula is C24H28N6O3. The van der Waals surface area contributed by atoms with Crippen LogP contribution in [0.2, 0.25) is 0 Å². The molecule has 0 atom stereocenters. The molecule has 3 heterocycles. The lowest BCUT2D eigenvalue weighted by molar-refractivity contribution is 0.0526. The molecule has 0 unspecified atom stereocenters. The van der Waals surface area contributed by atoms with Gasteiger partial charge in [0.2, 0.25) is 0 Å². The number of allylic oxidation sites excluding steroid dienone is 3. The van der Waals surface area contributed by atoms with E-state index in [1.807, 2.05) is 10.6 Å². The number of imidazole rings is 1. The number of ether oxygens (including phenoxy) is 1. The summed E-state index contributed by atoms with van der Waals surface area (Å²) >= 11 is 0. The highest BCUT2D eigenvalue weighted by atomic mass is 16.5. The van der Waals surface area contributed by atoms with Gasteiger partial charge in [-0.2, -0.15) is 0 Å². The molecule has 1 aliphatic carbocycles. The van der Waals surface area contributed by atoms with Crippen molar-refractivity contribution < 1.29 is 14.6 Å². The number of carbonyl (C=O) groups excluding carboxylic acids is 1. The Bertz CT molecular complexity index is 1230. The summed E-state index contributed by atoms with van der Waals surface area (Å²) in [6, 6.07) is 1.86. The number of nitrogens with zero attached hydrogens (tertiary/aromatic N) is 5. The Hall–Kier alpha value is -3.75. The molecule has 3 aromatic rings. The van der Waals surface area contributed by atoms with E-state index in [9.17, 15) is 9.90 Å². The van der Waals surface area contributed by atoms with Gasteiger partial charge < -0.3 is 19.7 Å². The Morgan fingerprint density at radius 3 is 2.82 bits per heavy atom. The normalized spacial score (nSPS) is 13.7. The monoisotopic (exact) mass is 448 g/mol. The van der Waals surface area contributed by atoms with Gasteiger partial charge in [-0.05, 0) is 45.8 Å². The van der Waals surface area contributed by atoms with Crippen LogP contribution >= 0.6 is 0 Å². The highest BCUT2D eigenvalue weighted by molar-refractivity contribution is 5.91.